The van der Waals surface area contributed by atoms with E-state index in [1.54, 1.807) is 0 Å². The number of carbonyl (C=O) groups is 1. The highest BCUT2D eigenvalue weighted by molar-refractivity contribution is 5.79. The second-order valence-electron chi connectivity index (χ2n) is 7.64. The molecule has 1 aromatic heterocycles. The predicted molar refractivity (Wildman–Crippen MR) is 90.6 cm³/mol. The van der Waals surface area contributed by atoms with Crippen LogP contribution >= 0.6 is 0 Å². The number of rotatable bonds is 4. The first-order valence-electron chi connectivity index (χ1n) is 9.38. The fourth-order valence-electron chi connectivity index (χ4n) is 4.06. The Morgan fingerprint density at radius 1 is 1.25 bits per heavy atom. The highest BCUT2D eigenvalue weighted by Gasteiger charge is 2.37. The molecule has 1 saturated carbocycles. The van der Waals surface area contributed by atoms with Crippen LogP contribution in [0.2, 0.25) is 0 Å². The molecule has 2 aliphatic heterocycles. The number of amides is 1. The number of hydrogen-bond donors (Lipinski definition) is 0. The Labute approximate surface area is 143 Å². The van der Waals surface area contributed by atoms with Gasteiger partial charge >= 0.3 is 0 Å². The third kappa shape index (κ3) is 3.52. The van der Waals surface area contributed by atoms with Crippen molar-refractivity contribution in [2.75, 3.05) is 39.4 Å². The number of furan rings is 1. The summed E-state index contributed by atoms with van der Waals surface area (Å²) in [7, 11) is 0. The van der Waals surface area contributed by atoms with Crippen molar-refractivity contribution < 1.29 is 13.9 Å². The second-order valence-corrected chi connectivity index (χ2v) is 7.64. The largest absolute Gasteiger partial charge is 0.464 e. The topological polar surface area (TPSA) is 45.9 Å². The fourth-order valence-corrected chi connectivity index (χ4v) is 4.06. The quantitative estimate of drug-likeness (QED) is 0.850. The van der Waals surface area contributed by atoms with E-state index in [1.165, 1.54) is 6.42 Å². The average molecular weight is 332 g/mol. The number of piperidine rings is 1. The monoisotopic (exact) mass is 332 g/mol. The van der Waals surface area contributed by atoms with E-state index in [2.05, 4.69) is 24.0 Å². The normalized spacial score (nSPS) is 31.2. The molecular weight excluding hydrogens is 304 g/mol. The fraction of sp³-hybridized carbons (Fsp3) is 0.737. The van der Waals surface area contributed by atoms with Crippen molar-refractivity contribution in [3.8, 4) is 0 Å². The van der Waals surface area contributed by atoms with E-state index in [-0.39, 0.29) is 5.92 Å². The number of carbonyl (C=O) groups excluding carboxylic acids is 1. The van der Waals surface area contributed by atoms with Crippen LogP contribution in [0.4, 0.5) is 0 Å². The summed E-state index contributed by atoms with van der Waals surface area (Å²) < 4.78 is 11.4. The maximum absolute atomic E-state index is 12.7. The van der Waals surface area contributed by atoms with Gasteiger partial charge in [-0.3, -0.25) is 9.69 Å². The molecule has 3 atom stereocenters. The van der Waals surface area contributed by atoms with Crippen LogP contribution < -0.4 is 0 Å². The van der Waals surface area contributed by atoms with Gasteiger partial charge in [-0.25, -0.2) is 0 Å². The summed E-state index contributed by atoms with van der Waals surface area (Å²) in [5.41, 5.74) is 0. The van der Waals surface area contributed by atoms with Gasteiger partial charge in [0.2, 0.25) is 5.91 Å². The number of nitrogens with zero attached hydrogens (tertiary/aromatic N) is 2. The van der Waals surface area contributed by atoms with E-state index in [0.717, 1.165) is 63.0 Å². The number of ether oxygens (including phenoxy) is 1. The minimum atomic E-state index is 0.134. The molecule has 132 valence electrons. The van der Waals surface area contributed by atoms with E-state index in [1.807, 2.05) is 4.90 Å². The van der Waals surface area contributed by atoms with Crippen molar-refractivity contribution in [3.05, 3.63) is 23.7 Å². The van der Waals surface area contributed by atoms with E-state index in [0.29, 0.717) is 25.0 Å². The van der Waals surface area contributed by atoms with Crippen LogP contribution in [-0.2, 0) is 16.1 Å². The summed E-state index contributed by atoms with van der Waals surface area (Å²) in [6.45, 7) is 7.86. The van der Waals surface area contributed by atoms with Gasteiger partial charge in [-0.15, -0.1) is 0 Å². The predicted octanol–water partition coefficient (Wildman–Crippen LogP) is 2.47. The summed E-state index contributed by atoms with van der Waals surface area (Å²) in [5, 5.41) is 0. The highest BCUT2D eigenvalue weighted by atomic mass is 16.5. The molecule has 3 aliphatic rings. The first-order chi connectivity index (χ1) is 11.7. The lowest BCUT2D eigenvalue weighted by molar-refractivity contribution is -0.141. The molecule has 24 heavy (non-hydrogen) atoms. The van der Waals surface area contributed by atoms with Gasteiger partial charge in [0.1, 0.15) is 11.5 Å². The molecule has 3 unspecified atom stereocenters. The Morgan fingerprint density at radius 2 is 2.04 bits per heavy atom. The zero-order chi connectivity index (χ0) is 16.5. The van der Waals surface area contributed by atoms with Crippen LogP contribution in [-0.4, -0.2) is 55.1 Å². The standard InChI is InChI=1S/C19H28N2O3/c1-14-11-17(14)18-5-4-16(24-18)13-20-6-2-3-15(12-20)19(22)21-7-9-23-10-8-21/h4-5,14-15,17H,2-3,6-13H2,1H3. The van der Waals surface area contributed by atoms with Crippen molar-refractivity contribution in [2.45, 2.75) is 38.6 Å². The van der Waals surface area contributed by atoms with E-state index < -0.39 is 0 Å². The number of likely N-dealkylation sites (tertiary alicyclic amines) is 1. The summed E-state index contributed by atoms with van der Waals surface area (Å²) in [6.07, 6.45) is 3.36. The van der Waals surface area contributed by atoms with Crippen molar-refractivity contribution in [3.63, 3.8) is 0 Å². The Bertz CT molecular complexity index is 579. The van der Waals surface area contributed by atoms with E-state index in [4.69, 9.17) is 9.15 Å². The summed E-state index contributed by atoms with van der Waals surface area (Å²) >= 11 is 0. The summed E-state index contributed by atoms with van der Waals surface area (Å²) in [6, 6.07) is 4.26. The summed E-state index contributed by atoms with van der Waals surface area (Å²) in [5.74, 6) is 4.05. The SMILES string of the molecule is CC1CC1c1ccc(CN2CCCC(C(=O)N3CCOCC3)C2)o1. The molecule has 4 rings (SSSR count). The molecule has 3 heterocycles. The zero-order valence-electron chi connectivity index (χ0n) is 14.6. The van der Waals surface area contributed by atoms with Gasteiger partial charge in [0.15, 0.2) is 0 Å². The van der Waals surface area contributed by atoms with Gasteiger partial charge in [-0.05, 0) is 43.9 Å². The summed E-state index contributed by atoms with van der Waals surface area (Å²) in [4.78, 5) is 17.1. The van der Waals surface area contributed by atoms with Crippen LogP contribution in [0.1, 0.15) is 43.6 Å². The number of morpholine rings is 1. The molecule has 5 heteroatoms. The smallest absolute Gasteiger partial charge is 0.227 e. The molecule has 0 aromatic carbocycles. The van der Waals surface area contributed by atoms with Crippen LogP contribution in [0.25, 0.3) is 0 Å². The molecule has 0 spiro atoms. The third-order valence-corrected chi connectivity index (χ3v) is 5.71. The maximum Gasteiger partial charge on any atom is 0.227 e. The lowest BCUT2D eigenvalue weighted by Crippen LogP contribution is -2.48. The van der Waals surface area contributed by atoms with Gasteiger partial charge < -0.3 is 14.1 Å². The van der Waals surface area contributed by atoms with E-state index in [9.17, 15) is 4.79 Å². The molecule has 0 radical (unpaired) electrons. The van der Waals surface area contributed by atoms with Crippen LogP contribution in [0.5, 0.6) is 0 Å². The van der Waals surface area contributed by atoms with Crippen LogP contribution in [0.3, 0.4) is 0 Å². The van der Waals surface area contributed by atoms with Crippen LogP contribution in [0.15, 0.2) is 16.5 Å². The lowest BCUT2D eigenvalue weighted by Gasteiger charge is -2.35. The second kappa shape index (κ2) is 6.89. The van der Waals surface area contributed by atoms with Gasteiger partial charge in [0.05, 0.1) is 25.7 Å². The Morgan fingerprint density at radius 3 is 2.79 bits per heavy atom. The Balaban J connectivity index is 1.32. The van der Waals surface area contributed by atoms with Gasteiger partial charge in [0, 0.05) is 25.6 Å². The first kappa shape index (κ1) is 16.2. The van der Waals surface area contributed by atoms with Gasteiger partial charge in [-0.2, -0.15) is 0 Å². The van der Waals surface area contributed by atoms with Crippen molar-refractivity contribution in [1.29, 1.82) is 0 Å². The molecule has 1 aliphatic carbocycles. The minimum absolute atomic E-state index is 0.134. The molecule has 1 aromatic rings. The van der Waals surface area contributed by atoms with Gasteiger partial charge in [-0.1, -0.05) is 6.92 Å². The Hall–Kier alpha value is -1.33. The number of hydrogen-bond acceptors (Lipinski definition) is 4. The van der Waals surface area contributed by atoms with E-state index >= 15 is 0 Å². The van der Waals surface area contributed by atoms with Crippen molar-refractivity contribution >= 4 is 5.91 Å². The van der Waals surface area contributed by atoms with Crippen molar-refractivity contribution in [1.82, 2.24) is 9.80 Å². The van der Waals surface area contributed by atoms with Gasteiger partial charge in [0.25, 0.3) is 0 Å². The minimum Gasteiger partial charge on any atom is -0.464 e. The average Bonchev–Trinajstić information content (AvgIpc) is 3.17. The molecule has 0 N–H and O–H groups in total. The molecule has 2 saturated heterocycles. The van der Waals surface area contributed by atoms with Crippen molar-refractivity contribution in [2.24, 2.45) is 11.8 Å². The Kier molecular flexibility index (Phi) is 4.63. The molecule has 5 nitrogen and oxygen atoms in total. The molecule has 1 amide bonds. The third-order valence-electron chi connectivity index (χ3n) is 5.71. The molecule has 3 fully saturated rings. The highest BCUT2D eigenvalue weighted by Crippen LogP contribution is 2.47. The first-order valence-corrected chi connectivity index (χ1v) is 9.38. The lowest BCUT2D eigenvalue weighted by atomic mass is 9.96. The molecule has 0 bridgehead atoms. The molecular formula is C19H28N2O3. The van der Waals surface area contributed by atoms with Crippen LogP contribution in [0, 0.1) is 11.8 Å². The zero-order valence-corrected chi connectivity index (χ0v) is 14.6. The maximum atomic E-state index is 12.7.